The molecule has 1 amide bonds. The van der Waals surface area contributed by atoms with Crippen LogP contribution in [0.4, 0.5) is 0 Å². The summed E-state index contributed by atoms with van der Waals surface area (Å²) in [6, 6.07) is 18.6. The van der Waals surface area contributed by atoms with Crippen molar-refractivity contribution >= 4 is 18.3 Å². The lowest BCUT2D eigenvalue weighted by atomic mass is 9.89. The van der Waals surface area contributed by atoms with E-state index < -0.39 is 0 Å². The van der Waals surface area contributed by atoms with E-state index in [4.69, 9.17) is 9.47 Å². The first-order valence-corrected chi connectivity index (χ1v) is 10.5. The second-order valence-electron chi connectivity index (χ2n) is 8.15. The van der Waals surface area contributed by atoms with Gasteiger partial charge in [0, 0.05) is 26.2 Å². The van der Waals surface area contributed by atoms with E-state index in [9.17, 15) is 4.79 Å². The van der Waals surface area contributed by atoms with Crippen LogP contribution in [0.3, 0.4) is 0 Å². The minimum atomic E-state index is -0.198. The average Bonchev–Trinajstić information content (AvgIpc) is 2.77. The fraction of sp³-hybridized carbons (Fsp3) is 0.458. The van der Waals surface area contributed by atoms with Gasteiger partial charge in [0.15, 0.2) is 0 Å². The SMILES string of the molecule is COc1cccc(CN2CC3(CCN(CCc4ccccc4)CC3)OCC2=O)c1.Cl. The van der Waals surface area contributed by atoms with Crippen molar-refractivity contribution in [1.29, 1.82) is 0 Å². The molecular weight excluding hydrogens is 400 g/mol. The molecule has 162 valence electrons. The number of carbonyl (C=O) groups excluding carboxylic acids is 1. The molecule has 0 aromatic heterocycles. The van der Waals surface area contributed by atoms with Crippen LogP contribution in [-0.4, -0.2) is 61.2 Å². The van der Waals surface area contributed by atoms with E-state index in [1.165, 1.54) is 5.56 Å². The van der Waals surface area contributed by atoms with Gasteiger partial charge >= 0.3 is 0 Å². The van der Waals surface area contributed by atoms with Gasteiger partial charge in [-0.1, -0.05) is 42.5 Å². The summed E-state index contributed by atoms with van der Waals surface area (Å²) in [5.74, 6) is 0.898. The molecule has 30 heavy (non-hydrogen) atoms. The highest BCUT2D eigenvalue weighted by Crippen LogP contribution is 2.31. The first-order chi connectivity index (χ1) is 14.2. The molecule has 1 spiro atoms. The molecule has 0 aliphatic carbocycles. The quantitative estimate of drug-likeness (QED) is 0.702. The monoisotopic (exact) mass is 430 g/mol. The highest BCUT2D eigenvalue weighted by molar-refractivity contribution is 5.85. The smallest absolute Gasteiger partial charge is 0.248 e. The largest absolute Gasteiger partial charge is 0.497 e. The van der Waals surface area contributed by atoms with Crippen LogP contribution in [0.25, 0.3) is 0 Å². The average molecular weight is 431 g/mol. The lowest BCUT2D eigenvalue weighted by Gasteiger charge is -2.47. The second-order valence-corrected chi connectivity index (χ2v) is 8.15. The number of hydrogen-bond acceptors (Lipinski definition) is 4. The second kappa shape index (κ2) is 10.3. The summed E-state index contributed by atoms with van der Waals surface area (Å²) >= 11 is 0. The topological polar surface area (TPSA) is 42.0 Å². The lowest BCUT2D eigenvalue weighted by molar-refractivity contribution is -0.172. The van der Waals surface area contributed by atoms with E-state index in [0.717, 1.165) is 50.2 Å². The molecule has 4 rings (SSSR count). The van der Waals surface area contributed by atoms with Gasteiger partial charge in [-0.3, -0.25) is 4.79 Å². The first-order valence-electron chi connectivity index (χ1n) is 10.5. The Morgan fingerprint density at radius 3 is 2.50 bits per heavy atom. The number of benzene rings is 2. The first kappa shape index (κ1) is 22.6. The van der Waals surface area contributed by atoms with E-state index in [0.29, 0.717) is 13.1 Å². The van der Waals surface area contributed by atoms with Gasteiger partial charge in [-0.05, 0) is 42.5 Å². The number of likely N-dealkylation sites (tertiary alicyclic amines) is 1. The molecule has 0 radical (unpaired) electrons. The van der Waals surface area contributed by atoms with Crippen molar-refractivity contribution in [2.75, 3.05) is 39.9 Å². The van der Waals surface area contributed by atoms with Crippen molar-refractivity contribution in [3.05, 3.63) is 65.7 Å². The fourth-order valence-electron chi connectivity index (χ4n) is 4.34. The Balaban J connectivity index is 0.00000256. The molecule has 6 heteroatoms. The van der Waals surface area contributed by atoms with Gasteiger partial charge < -0.3 is 19.3 Å². The van der Waals surface area contributed by atoms with Crippen LogP contribution in [0.1, 0.15) is 24.0 Å². The van der Waals surface area contributed by atoms with Crippen molar-refractivity contribution in [3.8, 4) is 5.75 Å². The zero-order chi connectivity index (χ0) is 20.1. The molecule has 0 unspecified atom stereocenters. The van der Waals surface area contributed by atoms with Gasteiger partial charge in [0.25, 0.3) is 0 Å². The number of hydrogen-bond donors (Lipinski definition) is 0. The standard InChI is InChI=1S/C24H30N2O3.ClH/c1-28-22-9-5-8-21(16-22)17-26-19-24(29-18-23(26)27)11-14-25(15-12-24)13-10-20-6-3-2-4-7-20;/h2-9,16H,10-15,17-19H2,1H3;1H. The number of halogens is 1. The predicted molar refractivity (Wildman–Crippen MR) is 120 cm³/mol. The Labute approximate surface area is 185 Å². The van der Waals surface area contributed by atoms with E-state index >= 15 is 0 Å². The zero-order valence-electron chi connectivity index (χ0n) is 17.6. The Morgan fingerprint density at radius 1 is 1.03 bits per heavy atom. The summed E-state index contributed by atoms with van der Waals surface area (Å²) in [5, 5.41) is 0. The van der Waals surface area contributed by atoms with Gasteiger partial charge in [-0.2, -0.15) is 0 Å². The molecule has 5 nitrogen and oxygen atoms in total. The third-order valence-electron chi connectivity index (χ3n) is 6.17. The molecular formula is C24H31ClN2O3. The number of rotatable bonds is 6. The van der Waals surface area contributed by atoms with Crippen molar-refractivity contribution in [3.63, 3.8) is 0 Å². The maximum atomic E-state index is 12.5. The number of methoxy groups -OCH3 is 1. The summed E-state index contributed by atoms with van der Waals surface area (Å²) in [7, 11) is 1.67. The van der Waals surface area contributed by atoms with Crippen LogP contribution < -0.4 is 4.74 Å². The fourth-order valence-corrected chi connectivity index (χ4v) is 4.34. The minimum absolute atomic E-state index is 0. The molecule has 2 aliphatic heterocycles. The molecule has 0 bridgehead atoms. The normalized spacial score (nSPS) is 18.8. The predicted octanol–water partition coefficient (Wildman–Crippen LogP) is 3.55. The molecule has 2 saturated heterocycles. The van der Waals surface area contributed by atoms with Gasteiger partial charge in [0.2, 0.25) is 5.91 Å². The molecule has 2 fully saturated rings. The molecule has 0 atom stereocenters. The maximum absolute atomic E-state index is 12.5. The van der Waals surface area contributed by atoms with E-state index in [1.807, 2.05) is 29.2 Å². The Hall–Kier alpha value is -2.08. The number of ether oxygens (including phenoxy) is 2. The van der Waals surface area contributed by atoms with Crippen LogP contribution in [0.15, 0.2) is 54.6 Å². The van der Waals surface area contributed by atoms with Crippen molar-refractivity contribution in [1.82, 2.24) is 9.80 Å². The Kier molecular flexibility index (Phi) is 7.75. The van der Waals surface area contributed by atoms with Crippen molar-refractivity contribution in [2.45, 2.75) is 31.4 Å². The van der Waals surface area contributed by atoms with Gasteiger partial charge in [-0.25, -0.2) is 0 Å². The molecule has 2 heterocycles. The van der Waals surface area contributed by atoms with Crippen LogP contribution in [0.5, 0.6) is 5.75 Å². The molecule has 2 aliphatic rings. The number of amides is 1. The third-order valence-corrected chi connectivity index (χ3v) is 6.17. The van der Waals surface area contributed by atoms with Gasteiger partial charge in [-0.15, -0.1) is 12.4 Å². The van der Waals surface area contributed by atoms with E-state index in [-0.39, 0.29) is 30.5 Å². The van der Waals surface area contributed by atoms with Crippen molar-refractivity contribution < 1.29 is 14.3 Å². The maximum Gasteiger partial charge on any atom is 0.248 e. The van der Waals surface area contributed by atoms with Gasteiger partial charge in [0.05, 0.1) is 19.3 Å². The summed E-state index contributed by atoms with van der Waals surface area (Å²) in [6.07, 6.45) is 3.03. The summed E-state index contributed by atoms with van der Waals surface area (Å²) < 4.78 is 11.4. The van der Waals surface area contributed by atoms with Gasteiger partial charge in [0.1, 0.15) is 12.4 Å². The highest BCUT2D eigenvalue weighted by Gasteiger charge is 2.42. The zero-order valence-corrected chi connectivity index (χ0v) is 18.4. The van der Waals surface area contributed by atoms with Crippen LogP contribution >= 0.6 is 12.4 Å². The summed E-state index contributed by atoms with van der Waals surface area (Å²) in [4.78, 5) is 16.9. The molecule has 0 N–H and O–H groups in total. The summed E-state index contributed by atoms with van der Waals surface area (Å²) in [5.41, 5.74) is 2.28. The van der Waals surface area contributed by atoms with E-state index in [2.05, 4.69) is 35.2 Å². The Morgan fingerprint density at radius 2 is 1.77 bits per heavy atom. The lowest BCUT2D eigenvalue weighted by Crippen LogP contribution is -2.58. The Bertz CT molecular complexity index is 822. The summed E-state index contributed by atoms with van der Waals surface area (Å²) in [6.45, 7) is 4.59. The van der Waals surface area contributed by atoms with Crippen LogP contribution in [0.2, 0.25) is 0 Å². The third kappa shape index (κ3) is 5.54. The molecule has 0 saturated carbocycles. The van der Waals surface area contributed by atoms with E-state index in [1.54, 1.807) is 7.11 Å². The number of morpholine rings is 1. The van der Waals surface area contributed by atoms with Crippen LogP contribution in [-0.2, 0) is 22.5 Å². The number of carbonyl (C=O) groups is 1. The van der Waals surface area contributed by atoms with Crippen LogP contribution in [0, 0.1) is 0 Å². The number of nitrogens with zero attached hydrogens (tertiary/aromatic N) is 2. The molecule has 2 aromatic rings. The highest BCUT2D eigenvalue weighted by atomic mass is 35.5. The minimum Gasteiger partial charge on any atom is -0.497 e. The number of piperidine rings is 1. The van der Waals surface area contributed by atoms with Crippen molar-refractivity contribution in [2.24, 2.45) is 0 Å². The molecule has 2 aromatic carbocycles.